The van der Waals surface area contributed by atoms with Crippen molar-refractivity contribution >= 4 is 45.9 Å². The Hall–Kier alpha value is -3.98. The molecule has 2 heterocycles. The van der Waals surface area contributed by atoms with Crippen LogP contribution in [0.15, 0.2) is 60.8 Å². The first-order valence-electron chi connectivity index (χ1n) is 11.0. The molecule has 35 heavy (non-hydrogen) atoms. The molecule has 5 rings (SSSR count). The van der Waals surface area contributed by atoms with E-state index in [0.29, 0.717) is 16.8 Å². The summed E-state index contributed by atoms with van der Waals surface area (Å²) >= 11 is 5.63. The van der Waals surface area contributed by atoms with E-state index in [0.717, 1.165) is 43.9 Å². The van der Waals surface area contributed by atoms with Crippen LogP contribution in [0.3, 0.4) is 0 Å². The van der Waals surface area contributed by atoms with Crippen molar-refractivity contribution in [2.75, 3.05) is 28.6 Å². The summed E-state index contributed by atoms with van der Waals surface area (Å²) in [4.78, 5) is 23.5. The van der Waals surface area contributed by atoms with Crippen LogP contribution in [0.25, 0.3) is 11.0 Å². The van der Waals surface area contributed by atoms with Crippen LogP contribution >= 0.6 is 11.6 Å². The van der Waals surface area contributed by atoms with Crippen molar-refractivity contribution in [1.29, 1.82) is 0 Å². The molecule has 10 heteroatoms. The van der Waals surface area contributed by atoms with Crippen LogP contribution in [0, 0.1) is 11.6 Å². The number of hydrogen-bond donors (Lipinski definition) is 2. The Labute approximate surface area is 204 Å². The van der Waals surface area contributed by atoms with Gasteiger partial charge in [-0.15, -0.1) is 0 Å². The first-order valence-corrected chi connectivity index (χ1v) is 11.3. The highest BCUT2D eigenvalue weighted by atomic mass is 35.5. The number of urea groups is 1. The molecule has 2 amide bonds. The van der Waals surface area contributed by atoms with E-state index in [1.807, 2.05) is 0 Å². The predicted molar refractivity (Wildman–Crippen MR) is 132 cm³/mol. The highest BCUT2D eigenvalue weighted by Gasteiger charge is 2.15. The minimum Gasteiger partial charge on any atom is -0.454 e. The van der Waals surface area contributed by atoms with Gasteiger partial charge in [0.05, 0.1) is 22.3 Å². The molecule has 178 valence electrons. The van der Waals surface area contributed by atoms with Gasteiger partial charge in [0.2, 0.25) is 0 Å². The molecular weight excluding hydrogens is 476 g/mol. The summed E-state index contributed by atoms with van der Waals surface area (Å²) in [6.45, 7) is 1.91. The molecule has 1 fully saturated rings. The fourth-order valence-corrected chi connectivity index (χ4v) is 3.92. The maximum absolute atomic E-state index is 14.7. The quantitative estimate of drug-likeness (QED) is 0.326. The summed E-state index contributed by atoms with van der Waals surface area (Å²) in [6, 6.07) is 12.4. The number of ether oxygens (including phenoxy) is 1. The number of nitrogens with zero attached hydrogens (tertiary/aromatic N) is 3. The Balaban J connectivity index is 1.27. The zero-order chi connectivity index (χ0) is 24.4. The minimum absolute atomic E-state index is 0.0151. The molecule has 0 radical (unpaired) electrons. The second-order valence-corrected chi connectivity index (χ2v) is 8.44. The van der Waals surface area contributed by atoms with Crippen LogP contribution in [-0.2, 0) is 0 Å². The average molecular weight is 496 g/mol. The van der Waals surface area contributed by atoms with E-state index in [4.69, 9.17) is 16.3 Å². The summed E-state index contributed by atoms with van der Waals surface area (Å²) < 4.78 is 34.0. The lowest BCUT2D eigenvalue weighted by Crippen LogP contribution is -2.19. The zero-order valence-electron chi connectivity index (χ0n) is 18.4. The highest BCUT2D eigenvalue weighted by molar-refractivity contribution is 6.30. The Kier molecular flexibility index (Phi) is 6.33. The van der Waals surface area contributed by atoms with Crippen molar-refractivity contribution in [2.45, 2.75) is 12.8 Å². The maximum Gasteiger partial charge on any atom is 0.323 e. The van der Waals surface area contributed by atoms with Crippen LogP contribution in [0.5, 0.6) is 11.5 Å². The molecule has 4 aromatic rings. The number of carbonyl (C=O) groups excluding carboxylic acids is 1. The molecule has 1 aromatic heterocycles. The molecule has 3 aromatic carbocycles. The van der Waals surface area contributed by atoms with Crippen molar-refractivity contribution in [3.63, 3.8) is 0 Å². The first-order chi connectivity index (χ1) is 16.9. The van der Waals surface area contributed by atoms with Gasteiger partial charge in [0.25, 0.3) is 0 Å². The minimum atomic E-state index is -0.669. The monoisotopic (exact) mass is 495 g/mol. The normalized spacial score (nSPS) is 13.2. The summed E-state index contributed by atoms with van der Waals surface area (Å²) in [5.41, 5.74) is 1.77. The summed E-state index contributed by atoms with van der Waals surface area (Å²) in [5, 5.41) is 4.89. The third-order valence-electron chi connectivity index (χ3n) is 5.53. The van der Waals surface area contributed by atoms with E-state index in [-0.39, 0.29) is 22.1 Å². The number of benzene rings is 3. The van der Waals surface area contributed by atoms with E-state index >= 15 is 0 Å². The summed E-state index contributed by atoms with van der Waals surface area (Å²) in [7, 11) is 0. The Morgan fingerprint density at radius 2 is 1.63 bits per heavy atom. The van der Waals surface area contributed by atoms with Gasteiger partial charge < -0.3 is 20.3 Å². The Bertz CT molecular complexity index is 1410. The predicted octanol–water partition coefficient (Wildman–Crippen LogP) is 6.60. The van der Waals surface area contributed by atoms with E-state index < -0.39 is 17.7 Å². The van der Waals surface area contributed by atoms with Gasteiger partial charge >= 0.3 is 6.03 Å². The number of rotatable bonds is 5. The van der Waals surface area contributed by atoms with Gasteiger partial charge in [0.15, 0.2) is 11.6 Å². The fourth-order valence-electron chi connectivity index (χ4n) is 3.80. The number of anilines is 3. The van der Waals surface area contributed by atoms with Crippen LogP contribution < -0.4 is 20.3 Å². The molecule has 0 saturated carbocycles. The largest absolute Gasteiger partial charge is 0.454 e. The van der Waals surface area contributed by atoms with E-state index in [1.165, 1.54) is 24.3 Å². The lowest BCUT2D eigenvalue weighted by atomic mass is 10.2. The second-order valence-electron chi connectivity index (χ2n) is 8.03. The Morgan fingerprint density at radius 3 is 2.34 bits per heavy atom. The van der Waals surface area contributed by atoms with Crippen LogP contribution in [0.1, 0.15) is 12.8 Å². The average Bonchev–Trinajstić information content (AvgIpc) is 3.38. The van der Waals surface area contributed by atoms with E-state index in [1.54, 1.807) is 24.4 Å². The van der Waals surface area contributed by atoms with Crippen molar-refractivity contribution in [1.82, 2.24) is 9.97 Å². The highest BCUT2D eigenvalue weighted by Crippen LogP contribution is 2.29. The molecule has 2 N–H and O–H groups in total. The van der Waals surface area contributed by atoms with Gasteiger partial charge in [0.1, 0.15) is 17.4 Å². The van der Waals surface area contributed by atoms with Crippen LogP contribution in [0.4, 0.5) is 30.8 Å². The lowest BCUT2D eigenvalue weighted by molar-refractivity contribution is 0.262. The summed E-state index contributed by atoms with van der Waals surface area (Å²) in [5.74, 6) is -0.124. The van der Waals surface area contributed by atoms with Gasteiger partial charge in [-0.05, 0) is 55.3 Å². The van der Waals surface area contributed by atoms with Crippen molar-refractivity contribution in [3.05, 3.63) is 77.5 Å². The molecule has 1 aliphatic rings. The standard InChI is InChI=1S/C25H20ClF2N5O2/c26-18-6-3-15(11-19(18)27)30-25(34)31-16-4-8-23(20(28)12-16)35-17-5-7-21-22(13-17)32-24(14-29-21)33-9-1-2-10-33/h3-8,11-14H,1-2,9-10H2,(H2,30,31,34). The fraction of sp³-hybridized carbons (Fsp3) is 0.160. The number of amides is 2. The van der Waals surface area contributed by atoms with Gasteiger partial charge in [-0.25, -0.2) is 18.6 Å². The number of nitrogens with one attached hydrogen (secondary N) is 2. The number of hydrogen-bond acceptors (Lipinski definition) is 5. The molecule has 0 unspecified atom stereocenters. The number of halogens is 3. The third-order valence-corrected chi connectivity index (χ3v) is 5.83. The second kappa shape index (κ2) is 9.71. The van der Waals surface area contributed by atoms with Gasteiger partial charge in [-0.3, -0.25) is 4.98 Å². The van der Waals surface area contributed by atoms with E-state index in [9.17, 15) is 13.6 Å². The summed E-state index contributed by atoms with van der Waals surface area (Å²) in [6.07, 6.45) is 4.03. The lowest BCUT2D eigenvalue weighted by Gasteiger charge is -2.16. The number of carbonyl (C=O) groups is 1. The first kappa shape index (κ1) is 22.8. The van der Waals surface area contributed by atoms with Gasteiger partial charge in [-0.2, -0.15) is 0 Å². The molecule has 0 bridgehead atoms. The molecule has 0 aliphatic carbocycles. The van der Waals surface area contributed by atoms with Crippen LogP contribution in [-0.4, -0.2) is 29.1 Å². The van der Waals surface area contributed by atoms with Gasteiger partial charge in [-0.1, -0.05) is 11.6 Å². The van der Waals surface area contributed by atoms with Crippen molar-refractivity contribution in [2.24, 2.45) is 0 Å². The maximum atomic E-state index is 14.7. The smallest absolute Gasteiger partial charge is 0.323 e. The third kappa shape index (κ3) is 5.25. The van der Waals surface area contributed by atoms with Crippen LogP contribution in [0.2, 0.25) is 5.02 Å². The number of aromatic nitrogens is 2. The molecule has 0 spiro atoms. The molecular formula is C25H20ClF2N5O2. The van der Waals surface area contributed by atoms with Crippen molar-refractivity contribution < 1.29 is 18.3 Å². The molecule has 7 nitrogen and oxygen atoms in total. The molecule has 1 saturated heterocycles. The SMILES string of the molecule is O=C(Nc1ccc(Cl)c(F)c1)Nc1ccc(Oc2ccc3ncc(N4CCCC4)nc3c2)c(F)c1. The van der Waals surface area contributed by atoms with E-state index in [2.05, 4.69) is 25.5 Å². The Morgan fingerprint density at radius 1 is 0.914 bits per heavy atom. The van der Waals surface area contributed by atoms with Gasteiger partial charge in [0, 0.05) is 36.6 Å². The number of fused-ring (bicyclic) bond motifs is 1. The van der Waals surface area contributed by atoms with Crippen molar-refractivity contribution in [3.8, 4) is 11.5 Å². The zero-order valence-corrected chi connectivity index (χ0v) is 19.1. The molecule has 0 atom stereocenters. The topological polar surface area (TPSA) is 79.4 Å². The molecule has 1 aliphatic heterocycles.